The summed E-state index contributed by atoms with van der Waals surface area (Å²) in [4.78, 5) is 34.5. The molecule has 4 rings (SSSR count). The molecule has 134 valence electrons. The third-order valence-electron chi connectivity index (χ3n) is 4.92. The van der Waals surface area contributed by atoms with Crippen LogP contribution in [0.2, 0.25) is 0 Å². The van der Waals surface area contributed by atoms with Crippen LogP contribution in [0, 0.1) is 5.92 Å². The zero-order valence-electron chi connectivity index (χ0n) is 14.1. The van der Waals surface area contributed by atoms with Crippen molar-refractivity contribution in [2.45, 2.75) is 18.9 Å². The van der Waals surface area contributed by atoms with Crippen molar-refractivity contribution in [2.75, 3.05) is 13.1 Å². The van der Waals surface area contributed by atoms with Crippen LogP contribution < -0.4 is 5.56 Å². The van der Waals surface area contributed by atoms with Crippen molar-refractivity contribution < 1.29 is 9.90 Å². The molecule has 0 aliphatic carbocycles. The van der Waals surface area contributed by atoms with Gasteiger partial charge in [0.05, 0.1) is 17.0 Å². The van der Waals surface area contributed by atoms with E-state index in [2.05, 4.69) is 9.97 Å². The molecule has 6 nitrogen and oxygen atoms in total. The van der Waals surface area contributed by atoms with Crippen molar-refractivity contribution in [3.05, 3.63) is 62.8 Å². The number of benzene rings is 1. The van der Waals surface area contributed by atoms with Crippen molar-refractivity contribution in [3.63, 3.8) is 0 Å². The topological polar surface area (TPSA) is 86.3 Å². The Kier molecular flexibility index (Phi) is 4.57. The molecule has 1 amide bonds. The molecule has 1 fully saturated rings. The second-order valence-electron chi connectivity index (χ2n) is 6.52. The van der Waals surface area contributed by atoms with E-state index in [1.165, 1.54) is 0 Å². The number of nitrogens with zero attached hydrogens (tertiary/aromatic N) is 2. The summed E-state index contributed by atoms with van der Waals surface area (Å²) in [5.41, 5.74) is 0.213. The summed E-state index contributed by atoms with van der Waals surface area (Å²) in [5, 5.41) is 12.9. The number of para-hydroxylation sites is 1. The Labute approximate surface area is 154 Å². The Hall–Kier alpha value is -2.51. The average Bonchev–Trinajstić information content (AvgIpc) is 3.22. The molecule has 1 aliphatic rings. The van der Waals surface area contributed by atoms with Crippen LogP contribution in [-0.2, 0) is 0 Å². The quantitative estimate of drug-likeness (QED) is 0.743. The van der Waals surface area contributed by atoms with Gasteiger partial charge in [-0.15, -0.1) is 11.3 Å². The monoisotopic (exact) mass is 369 g/mol. The molecule has 1 aromatic carbocycles. The number of aliphatic hydroxyl groups is 1. The molecule has 2 aromatic heterocycles. The molecule has 0 bridgehead atoms. The molecule has 0 saturated carbocycles. The summed E-state index contributed by atoms with van der Waals surface area (Å²) in [5.74, 6) is -0.0517. The number of hydrogen-bond acceptors (Lipinski definition) is 5. The third-order valence-corrected chi connectivity index (χ3v) is 5.87. The summed E-state index contributed by atoms with van der Waals surface area (Å²) in [6.45, 7) is 1.09. The van der Waals surface area contributed by atoms with E-state index >= 15 is 0 Å². The Morgan fingerprint density at radius 1 is 1.23 bits per heavy atom. The molecule has 26 heavy (non-hydrogen) atoms. The first-order valence-electron chi connectivity index (χ1n) is 8.63. The van der Waals surface area contributed by atoms with Crippen molar-refractivity contribution in [1.29, 1.82) is 0 Å². The van der Waals surface area contributed by atoms with E-state index in [9.17, 15) is 14.7 Å². The lowest BCUT2D eigenvalue weighted by Gasteiger charge is -2.33. The number of carbonyl (C=O) groups excluding carboxylic acids is 1. The second-order valence-corrected chi connectivity index (χ2v) is 7.50. The minimum Gasteiger partial charge on any atom is -0.387 e. The number of aromatic nitrogens is 2. The van der Waals surface area contributed by atoms with Crippen molar-refractivity contribution in [2.24, 2.45) is 5.92 Å². The van der Waals surface area contributed by atoms with E-state index < -0.39 is 6.10 Å². The first-order valence-corrected chi connectivity index (χ1v) is 9.51. The highest BCUT2D eigenvalue weighted by Gasteiger charge is 2.30. The summed E-state index contributed by atoms with van der Waals surface area (Å²) in [6.07, 6.45) is 0.969. The number of aromatic amines is 1. The van der Waals surface area contributed by atoms with Crippen LogP contribution in [0.15, 0.2) is 46.6 Å². The molecule has 1 unspecified atom stereocenters. The van der Waals surface area contributed by atoms with Gasteiger partial charge in [-0.05, 0) is 42.3 Å². The first kappa shape index (κ1) is 16.9. The number of amides is 1. The zero-order chi connectivity index (χ0) is 18.1. The van der Waals surface area contributed by atoms with E-state index in [4.69, 9.17) is 0 Å². The number of rotatable bonds is 3. The highest BCUT2D eigenvalue weighted by Crippen LogP contribution is 2.33. The normalized spacial score (nSPS) is 16.7. The molecule has 2 N–H and O–H groups in total. The van der Waals surface area contributed by atoms with Gasteiger partial charge in [-0.25, -0.2) is 4.98 Å². The van der Waals surface area contributed by atoms with Crippen LogP contribution in [0.3, 0.4) is 0 Å². The highest BCUT2D eigenvalue weighted by molar-refractivity contribution is 7.10. The summed E-state index contributed by atoms with van der Waals surface area (Å²) in [7, 11) is 0. The molecule has 0 radical (unpaired) electrons. The average molecular weight is 369 g/mol. The van der Waals surface area contributed by atoms with E-state index in [-0.39, 0.29) is 23.2 Å². The maximum absolute atomic E-state index is 12.7. The predicted molar refractivity (Wildman–Crippen MR) is 100 cm³/mol. The molecule has 3 heterocycles. The SMILES string of the molecule is O=C(c1nc2ccccc2c(=O)[nH]1)N1CCC(C(O)c2cccs2)CC1. The van der Waals surface area contributed by atoms with Gasteiger partial charge in [0, 0.05) is 18.0 Å². The zero-order valence-corrected chi connectivity index (χ0v) is 14.9. The summed E-state index contributed by atoms with van der Waals surface area (Å²) >= 11 is 1.55. The number of fused-ring (bicyclic) bond motifs is 1. The molecular weight excluding hydrogens is 350 g/mol. The van der Waals surface area contributed by atoms with Crippen LogP contribution in [0.5, 0.6) is 0 Å². The lowest BCUT2D eigenvalue weighted by Crippen LogP contribution is -2.41. The van der Waals surface area contributed by atoms with Crippen LogP contribution >= 0.6 is 11.3 Å². The number of likely N-dealkylation sites (tertiary alicyclic amines) is 1. The van der Waals surface area contributed by atoms with Crippen LogP contribution in [0.25, 0.3) is 10.9 Å². The molecular formula is C19H19N3O3S. The lowest BCUT2D eigenvalue weighted by atomic mass is 9.90. The standard InChI is InChI=1S/C19H19N3O3S/c23-16(15-6-3-11-26-15)12-7-9-22(10-8-12)19(25)17-20-14-5-2-1-4-13(14)18(24)21-17/h1-6,11-12,16,23H,7-10H2,(H,20,21,24). The van der Waals surface area contributed by atoms with Gasteiger partial charge >= 0.3 is 0 Å². The number of H-pyrrole nitrogens is 1. The Morgan fingerprint density at radius 3 is 2.73 bits per heavy atom. The fourth-order valence-corrected chi connectivity index (χ4v) is 4.25. The first-order chi connectivity index (χ1) is 12.6. The van der Waals surface area contributed by atoms with Crippen molar-refractivity contribution >= 4 is 28.1 Å². The molecule has 1 atom stereocenters. The molecule has 3 aromatic rings. The van der Waals surface area contributed by atoms with Gasteiger partial charge in [0.1, 0.15) is 0 Å². The largest absolute Gasteiger partial charge is 0.387 e. The van der Waals surface area contributed by atoms with Gasteiger partial charge < -0.3 is 15.0 Å². The van der Waals surface area contributed by atoms with Gasteiger partial charge in [0.25, 0.3) is 11.5 Å². The number of thiophene rings is 1. The van der Waals surface area contributed by atoms with Gasteiger partial charge in [-0.3, -0.25) is 9.59 Å². The number of nitrogens with one attached hydrogen (secondary N) is 1. The van der Waals surface area contributed by atoms with Gasteiger partial charge in [0.15, 0.2) is 5.82 Å². The van der Waals surface area contributed by atoms with Gasteiger partial charge in [0.2, 0.25) is 0 Å². The highest BCUT2D eigenvalue weighted by atomic mass is 32.1. The fraction of sp³-hybridized carbons (Fsp3) is 0.316. The number of hydrogen-bond donors (Lipinski definition) is 2. The fourth-order valence-electron chi connectivity index (χ4n) is 3.45. The molecule has 7 heteroatoms. The maximum Gasteiger partial charge on any atom is 0.289 e. The van der Waals surface area contributed by atoms with E-state index in [0.29, 0.717) is 24.0 Å². The Bertz CT molecular complexity index is 975. The summed E-state index contributed by atoms with van der Waals surface area (Å²) in [6, 6.07) is 10.9. The Balaban J connectivity index is 1.48. The second kappa shape index (κ2) is 7.01. The minimum absolute atomic E-state index is 0.0750. The smallest absolute Gasteiger partial charge is 0.289 e. The van der Waals surface area contributed by atoms with Crippen LogP contribution in [0.1, 0.15) is 34.4 Å². The predicted octanol–water partition coefficient (Wildman–Crippen LogP) is 2.57. The Morgan fingerprint density at radius 2 is 2.00 bits per heavy atom. The number of carbonyl (C=O) groups is 1. The van der Waals surface area contributed by atoms with Crippen LogP contribution in [0.4, 0.5) is 0 Å². The minimum atomic E-state index is -0.481. The van der Waals surface area contributed by atoms with E-state index in [1.54, 1.807) is 40.5 Å². The molecule has 0 spiro atoms. The summed E-state index contributed by atoms with van der Waals surface area (Å²) < 4.78 is 0. The van der Waals surface area contributed by atoms with E-state index in [0.717, 1.165) is 17.7 Å². The van der Waals surface area contributed by atoms with Gasteiger partial charge in [-0.1, -0.05) is 18.2 Å². The number of piperidine rings is 1. The van der Waals surface area contributed by atoms with Crippen molar-refractivity contribution in [1.82, 2.24) is 14.9 Å². The third kappa shape index (κ3) is 3.15. The molecule has 1 aliphatic heterocycles. The van der Waals surface area contributed by atoms with Gasteiger partial charge in [-0.2, -0.15) is 0 Å². The van der Waals surface area contributed by atoms with Crippen molar-refractivity contribution in [3.8, 4) is 0 Å². The maximum atomic E-state index is 12.7. The van der Waals surface area contributed by atoms with E-state index in [1.807, 2.05) is 17.5 Å². The van der Waals surface area contributed by atoms with Crippen LogP contribution in [-0.4, -0.2) is 39.0 Å². The lowest BCUT2D eigenvalue weighted by molar-refractivity contribution is 0.0466. The molecule has 1 saturated heterocycles. The number of aliphatic hydroxyl groups excluding tert-OH is 1.